The molecule has 0 amide bonds. The lowest BCUT2D eigenvalue weighted by atomic mass is 9.99. The first kappa shape index (κ1) is 11.8. The van der Waals surface area contributed by atoms with E-state index >= 15 is 0 Å². The number of hydrogen-bond acceptors (Lipinski definition) is 7. The van der Waals surface area contributed by atoms with Gasteiger partial charge in [0.15, 0.2) is 0 Å². The van der Waals surface area contributed by atoms with E-state index in [2.05, 4.69) is 9.78 Å². The molecule has 1 saturated heterocycles. The first-order chi connectivity index (χ1) is 6.61. The summed E-state index contributed by atoms with van der Waals surface area (Å²) in [5, 5.41) is 36.7. The normalized spacial score (nSPS) is 43.9. The van der Waals surface area contributed by atoms with E-state index in [1.165, 1.54) is 7.11 Å². The molecule has 14 heavy (non-hydrogen) atoms. The number of aliphatic hydroxyl groups excluding tert-OH is 4. The Morgan fingerprint density at radius 3 is 2.29 bits per heavy atom. The largest absolute Gasteiger partial charge is 0.394 e. The molecule has 1 aliphatic rings. The van der Waals surface area contributed by atoms with Gasteiger partial charge in [0, 0.05) is 0 Å². The summed E-state index contributed by atoms with van der Waals surface area (Å²) in [6, 6.07) is 0. The lowest BCUT2D eigenvalue weighted by Gasteiger charge is -2.38. The van der Waals surface area contributed by atoms with E-state index in [1.807, 2.05) is 0 Å². The Morgan fingerprint density at radius 1 is 1.14 bits per heavy atom. The second kappa shape index (κ2) is 4.99. The summed E-state index contributed by atoms with van der Waals surface area (Å²) in [5.41, 5.74) is 0. The Labute approximate surface area is 80.4 Å². The molecule has 5 atom stereocenters. The van der Waals surface area contributed by atoms with Gasteiger partial charge in [-0.2, -0.15) is 0 Å². The van der Waals surface area contributed by atoms with Gasteiger partial charge in [-0.15, -0.1) is 0 Å². The Hall–Kier alpha value is -0.280. The molecule has 5 unspecified atom stereocenters. The van der Waals surface area contributed by atoms with Crippen LogP contribution in [0.15, 0.2) is 0 Å². The van der Waals surface area contributed by atoms with Crippen LogP contribution in [-0.2, 0) is 14.5 Å². The molecular formula is C7H14O7. The van der Waals surface area contributed by atoms with E-state index in [-0.39, 0.29) is 0 Å². The van der Waals surface area contributed by atoms with Gasteiger partial charge >= 0.3 is 0 Å². The monoisotopic (exact) mass is 210 g/mol. The van der Waals surface area contributed by atoms with E-state index in [4.69, 9.17) is 9.84 Å². The molecule has 1 fully saturated rings. The molecule has 84 valence electrons. The van der Waals surface area contributed by atoms with Gasteiger partial charge in [0.05, 0.1) is 13.7 Å². The zero-order valence-corrected chi connectivity index (χ0v) is 7.61. The second-order valence-corrected chi connectivity index (χ2v) is 2.96. The summed E-state index contributed by atoms with van der Waals surface area (Å²) < 4.78 is 4.91. The minimum Gasteiger partial charge on any atom is -0.394 e. The van der Waals surface area contributed by atoms with Crippen molar-refractivity contribution in [1.82, 2.24) is 0 Å². The van der Waals surface area contributed by atoms with Crippen molar-refractivity contribution >= 4 is 0 Å². The fraction of sp³-hybridized carbons (Fsp3) is 1.00. The van der Waals surface area contributed by atoms with Crippen molar-refractivity contribution in [3.05, 3.63) is 0 Å². The molecule has 1 aliphatic heterocycles. The first-order valence-corrected chi connectivity index (χ1v) is 4.11. The number of ether oxygens (including phenoxy) is 1. The fourth-order valence-electron chi connectivity index (χ4n) is 1.24. The van der Waals surface area contributed by atoms with Crippen LogP contribution in [0.5, 0.6) is 0 Å². The third-order valence-corrected chi connectivity index (χ3v) is 2.04. The molecular weight excluding hydrogens is 196 g/mol. The standard InChI is InChI=1S/C7H14O7/c1-12-14-7-6(11)5(10)4(9)3(2-8)13-7/h3-11H,2H2,1H3. The Morgan fingerprint density at radius 2 is 1.79 bits per heavy atom. The van der Waals surface area contributed by atoms with Gasteiger partial charge in [0.1, 0.15) is 24.4 Å². The number of aliphatic hydroxyl groups is 4. The van der Waals surface area contributed by atoms with Crippen LogP contribution in [0.4, 0.5) is 0 Å². The third-order valence-electron chi connectivity index (χ3n) is 2.04. The molecule has 0 radical (unpaired) electrons. The van der Waals surface area contributed by atoms with Crippen LogP contribution >= 0.6 is 0 Å². The van der Waals surface area contributed by atoms with E-state index in [0.29, 0.717) is 0 Å². The van der Waals surface area contributed by atoms with Gasteiger partial charge in [-0.1, -0.05) is 0 Å². The van der Waals surface area contributed by atoms with Crippen molar-refractivity contribution < 1.29 is 34.9 Å². The zero-order valence-electron chi connectivity index (χ0n) is 7.61. The number of rotatable bonds is 3. The van der Waals surface area contributed by atoms with Crippen LogP contribution in [-0.4, -0.2) is 64.8 Å². The molecule has 1 rings (SSSR count). The lowest BCUT2D eigenvalue weighted by Crippen LogP contribution is -2.59. The van der Waals surface area contributed by atoms with Crippen LogP contribution in [0.1, 0.15) is 0 Å². The van der Waals surface area contributed by atoms with Gasteiger partial charge < -0.3 is 25.2 Å². The summed E-state index contributed by atoms with van der Waals surface area (Å²) in [6.07, 6.45) is -6.45. The SMILES string of the molecule is COOC1OC(CO)C(O)C(O)C1O. The van der Waals surface area contributed by atoms with Gasteiger partial charge in [-0.05, 0) is 0 Å². The fourth-order valence-corrected chi connectivity index (χ4v) is 1.24. The highest BCUT2D eigenvalue weighted by Crippen LogP contribution is 2.21. The molecule has 0 aromatic rings. The highest BCUT2D eigenvalue weighted by Gasteiger charge is 2.44. The second-order valence-electron chi connectivity index (χ2n) is 2.96. The van der Waals surface area contributed by atoms with Gasteiger partial charge in [-0.3, -0.25) is 0 Å². The minimum atomic E-state index is -1.44. The summed E-state index contributed by atoms with van der Waals surface area (Å²) in [4.78, 5) is 8.76. The first-order valence-electron chi connectivity index (χ1n) is 4.11. The van der Waals surface area contributed by atoms with Crippen molar-refractivity contribution in [2.75, 3.05) is 13.7 Å². The van der Waals surface area contributed by atoms with Crippen molar-refractivity contribution in [2.45, 2.75) is 30.7 Å². The van der Waals surface area contributed by atoms with E-state index in [1.54, 1.807) is 0 Å². The van der Waals surface area contributed by atoms with Gasteiger partial charge in [0.25, 0.3) is 0 Å². The molecule has 7 heteroatoms. The topological polar surface area (TPSA) is 109 Å². The van der Waals surface area contributed by atoms with Crippen molar-refractivity contribution in [3.63, 3.8) is 0 Å². The number of hydrogen-bond donors (Lipinski definition) is 4. The Kier molecular flexibility index (Phi) is 4.20. The molecule has 0 aliphatic carbocycles. The zero-order chi connectivity index (χ0) is 10.7. The molecule has 0 spiro atoms. The van der Waals surface area contributed by atoms with Crippen molar-refractivity contribution in [3.8, 4) is 0 Å². The van der Waals surface area contributed by atoms with Crippen molar-refractivity contribution in [2.24, 2.45) is 0 Å². The maximum absolute atomic E-state index is 9.33. The van der Waals surface area contributed by atoms with Crippen molar-refractivity contribution in [1.29, 1.82) is 0 Å². The van der Waals surface area contributed by atoms with Crippen LogP contribution in [0, 0.1) is 0 Å². The van der Waals surface area contributed by atoms with Crippen LogP contribution in [0.25, 0.3) is 0 Å². The van der Waals surface area contributed by atoms with E-state index < -0.39 is 37.3 Å². The Balaban J connectivity index is 2.63. The quantitative estimate of drug-likeness (QED) is 0.298. The smallest absolute Gasteiger partial charge is 0.220 e. The molecule has 0 saturated carbocycles. The maximum atomic E-state index is 9.33. The molecule has 7 nitrogen and oxygen atoms in total. The summed E-state index contributed by atoms with van der Waals surface area (Å²) in [5.74, 6) is 0. The van der Waals surface area contributed by atoms with Crippen LogP contribution in [0.3, 0.4) is 0 Å². The third kappa shape index (κ3) is 2.20. The molecule has 0 aromatic heterocycles. The highest BCUT2D eigenvalue weighted by molar-refractivity contribution is 4.88. The van der Waals surface area contributed by atoms with Gasteiger partial charge in [0.2, 0.25) is 6.29 Å². The Bertz CT molecular complexity index is 171. The summed E-state index contributed by atoms with van der Waals surface area (Å²) in [6.45, 7) is -0.492. The van der Waals surface area contributed by atoms with E-state index in [0.717, 1.165) is 0 Å². The van der Waals surface area contributed by atoms with Gasteiger partial charge in [-0.25, -0.2) is 9.78 Å². The maximum Gasteiger partial charge on any atom is 0.220 e. The van der Waals surface area contributed by atoms with E-state index in [9.17, 15) is 15.3 Å². The predicted octanol–water partition coefficient (Wildman–Crippen LogP) is -2.64. The molecule has 0 bridgehead atoms. The molecule has 4 N–H and O–H groups in total. The summed E-state index contributed by atoms with van der Waals surface area (Å²) in [7, 11) is 1.21. The molecule has 0 aromatic carbocycles. The lowest BCUT2D eigenvalue weighted by molar-refractivity contribution is -0.415. The minimum absolute atomic E-state index is 0.492. The van der Waals surface area contributed by atoms with Crippen LogP contribution in [0.2, 0.25) is 0 Å². The predicted molar refractivity (Wildman–Crippen MR) is 41.9 cm³/mol. The highest BCUT2D eigenvalue weighted by atomic mass is 17.2. The average Bonchev–Trinajstić information content (AvgIpc) is 2.19. The summed E-state index contributed by atoms with van der Waals surface area (Å²) >= 11 is 0. The molecule has 1 heterocycles. The average molecular weight is 210 g/mol. The van der Waals surface area contributed by atoms with Crippen LogP contribution < -0.4 is 0 Å².